The Balaban J connectivity index is 2.25. The lowest BCUT2D eigenvalue weighted by Crippen LogP contribution is -2.27. The van der Waals surface area contributed by atoms with Crippen LogP contribution < -0.4 is 19.5 Å². The van der Waals surface area contributed by atoms with Crippen LogP contribution in [0.25, 0.3) is 0 Å². The topological polar surface area (TPSA) is 120 Å². The van der Waals surface area contributed by atoms with E-state index in [1.165, 1.54) is 21.1 Å². The fourth-order valence-corrected chi connectivity index (χ4v) is 4.23. The number of benzene rings is 1. The number of methoxy groups -OCH3 is 2. The zero-order valence-corrected chi connectivity index (χ0v) is 15.7. The van der Waals surface area contributed by atoms with Gasteiger partial charge in [-0.15, -0.1) is 10.2 Å². The third-order valence-corrected chi connectivity index (χ3v) is 5.90. The summed E-state index contributed by atoms with van der Waals surface area (Å²) in [5.41, 5.74) is 0.608. The molecule has 2 aromatic rings. The summed E-state index contributed by atoms with van der Waals surface area (Å²) in [6, 6.07) is 4.49. The van der Waals surface area contributed by atoms with E-state index in [0.717, 1.165) is 11.3 Å². The highest BCUT2D eigenvalue weighted by Gasteiger charge is 2.25. The van der Waals surface area contributed by atoms with E-state index in [0.29, 0.717) is 17.1 Å². The van der Waals surface area contributed by atoms with Crippen molar-refractivity contribution in [3.8, 4) is 11.5 Å². The van der Waals surface area contributed by atoms with Gasteiger partial charge in [-0.2, -0.15) is 0 Å². The van der Waals surface area contributed by atoms with Gasteiger partial charge < -0.3 is 14.8 Å². The SMILES string of the molecule is COc1ccc(OC)c(C(C)NS(=O)(=O)c2nnc(NC(C)=O)s2)c1. The van der Waals surface area contributed by atoms with E-state index in [4.69, 9.17) is 9.47 Å². The van der Waals surface area contributed by atoms with Gasteiger partial charge in [0.25, 0.3) is 10.0 Å². The van der Waals surface area contributed by atoms with E-state index in [9.17, 15) is 13.2 Å². The molecule has 0 aliphatic carbocycles. The monoisotopic (exact) mass is 386 g/mol. The average molecular weight is 386 g/mol. The van der Waals surface area contributed by atoms with Crippen LogP contribution in [0.4, 0.5) is 5.13 Å². The maximum atomic E-state index is 12.5. The van der Waals surface area contributed by atoms with Gasteiger partial charge in [-0.3, -0.25) is 4.79 Å². The molecule has 136 valence electrons. The molecule has 1 aromatic carbocycles. The molecule has 2 N–H and O–H groups in total. The highest BCUT2D eigenvalue weighted by molar-refractivity contribution is 7.91. The summed E-state index contributed by atoms with van der Waals surface area (Å²) < 4.78 is 37.7. The maximum Gasteiger partial charge on any atom is 0.270 e. The first-order chi connectivity index (χ1) is 11.8. The van der Waals surface area contributed by atoms with Gasteiger partial charge >= 0.3 is 0 Å². The Kier molecular flexibility index (Phi) is 5.93. The summed E-state index contributed by atoms with van der Waals surface area (Å²) in [5.74, 6) is 0.737. The molecule has 0 saturated carbocycles. The van der Waals surface area contributed by atoms with Crippen molar-refractivity contribution < 1.29 is 22.7 Å². The van der Waals surface area contributed by atoms with Gasteiger partial charge in [-0.05, 0) is 25.1 Å². The molecule has 11 heteroatoms. The number of nitrogens with zero attached hydrogens (tertiary/aromatic N) is 2. The molecule has 0 fully saturated rings. The van der Waals surface area contributed by atoms with E-state index in [2.05, 4.69) is 20.2 Å². The molecule has 1 heterocycles. The van der Waals surface area contributed by atoms with Crippen molar-refractivity contribution in [1.29, 1.82) is 0 Å². The summed E-state index contributed by atoms with van der Waals surface area (Å²) in [7, 11) is -0.904. The van der Waals surface area contributed by atoms with Gasteiger partial charge in [0.05, 0.1) is 14.2 Å². The summed E-state index contributed by atoms with van der Waals surface area (Å²) in [5, 5.41) is 9.75. The Morgan fingerprint density at radius 3 is 2.56 bits per heavy atom. The summed E-state index contributed by atoms with van der Waals surface area (Å²) in [4.78, 5) is 11.0. The Bertz CT molecular complexity index is 866. The van der Waals surface area contributed by atoms with Crippen LogP contribution in [0.2, 0.25) is 0 Å². The van der Waals surface area contributed by atoms with Gasteiger partial charge in [0.15, 0.2) is 0 Å². The van der Waals surface area contributed by atoms with Crippen LogP contribution in [0.3, 0.4) is 0 Å². The first kappa shape index (κ1) is 19.1. The number of aromatic nitrogens is 2. The quantitative estimate of drug-likeness (QED) is 0.693. The minimum atomic E-state index is -3.92. The van der Waals surface area contributed by atoms with E-state index >= 15 is 0 Å². The second kappa shape index (κ2) is 7.76. The standard InChI is InChI=1S/C14H18N4O5S2/c1-8(11-7-10(22-3)5-6-12(11)23-4)18-25(20,21)14-17-16-13(24-14)15-9(2)19/h5-8,18H,1-4H3,(H,15,16,19). The Morgan fingerprint density at radius 1 is 1.24 bits per heavy atom. The maximum absolute atomic E-state index is 12.5. The number of hydrogen-bond acceptors (Lipinski definition) is 8. The highest BCUT2D eigenvalue weighted by atomic mass is 32.2. The number of carbonyl (C=O) groups is 1. The van der Waals surface area contributed by atoms with Crippen molar-refractivity contribution in [3.05, 3.63) is 23.8 Å². The number of carbonyl (C=O) groups excluding carboxylic acids is 1. The molecule has 0 bridgehead atoms. The molecule has 0 aliphatic heterocycles. The number of nitrogens with one attached hydrogen (secondary N) is 2. The van der Waals surface area contributed by atoms with E-state index in [-0.39, 0.29) is 15.4 Å². The Hall–Kier alpha value is -2.24. The predicted octanol–water partition coefficient (Wildman–Crippen LogP) is 1.55. The normalized spacial score (nSPS) is 12.5. The lowest BCUT2D eigenvalue weighted by atomic mass is 10.1. The molecule has 25 heavy (non-hydrogen) atoms. The lowest BCUT2D eigenvalue weighted by molar-refractivity contribution is -0.114. The van der Waals surface area contributed by atoms with E-state index < -0.39 is 16.1 Å². The summed E-state index contributed by atoms with van der Waals surface area (Å²) in [6.07, 6.45) is 0. The molecule has 1 atom stereocenters. The van der Waals surface area contributed by atoms with Crippen molar-refractivity contribution in [3.63, 3.8) is 0 Å². The van der Waals surface area contributed by atoms with Crippen molar-refractivity contribution in [2.24, 2.45) is 0 Å². The molecule has 0 aliphatic rings. The van der Waals surface area contributed by atoms with Gasteiger partial charge in [-0.25, -0.2) is 13.1 Å². The lowest BCUT2D eigenvalue weighted by Gasteiger charge is -2.17. The number of ether oxygens (including phenoxy) is 2. The molecule has 1 aromatic heterocycles. The van der Waals surface area contributed by atoms with Crippen LogP contribution in [0.15, 0.2) is 22.5 Å². The first-order valence-corrected chi connectivity index (χ1v) is 9.42. The molecule has 0 radical (unpaired) electrons. The minimum absolute atomic E-state index is 0.111. The molecule has 0 spiro atoms. The molecular weight excluding hydrogens is 368 g/mol. The van der Waals surface area contributed by atoms with Gasteiger partial charge in [0, 0.05) is 18.5 Å². The van der Waals surface area contributed by atoms with Crippen LogP contribution in [0.5, 0.6) is 11.5 Å². The van der Waals surface area contributed by atoms with Gasteiger partial charge in [-0.1, -0.05) is 11.3 Å². The van der Waals surface area contributed by atoms with E-state index in [1.807, 2.05) is 0 Å². The van der Waals surface area contributed by atoms with E-state index in [1.54, 1.807) is 25.1 Å². The summed E-state index contributed by atoms with van der Waals surface area (Å²) in [6.45, 7) is 2.97. The van der Waals surface area contributed by atoms with Crippen LogP contribution in [-0.2, 0) is 14.8 Å². The minimum Gasteiger partial charge on any atom is -0.497 e. The average Bonchev–Trinajstić information content (AvgIpc) is 3.02. The van der Waals surface area contributed by atoms with Gasteiger partial charge in [0.1, 0.15) is 11.5 Å². The Morgan fingerprint density at radius 2 is 1.96 bits per heavy atom. The molecule has 1 unspecified atom stereocenters. The smallest absolute Gasteiger partial charge is 0.270 e. The number of rotatable bonds is 7. The fourth-order valence-electron chi connectivity index (χ4n) is 2.04. The van der Waals surface area contributed by atoms with Gasteiger partial charge in [0.2, 0.25) is 15.4 Å². The van der Waals surface area contributed by atoms with Crippen LogP contribution in [0.1, 0.15) is 25.5 Å². The number of amides is 1. The molecular formula is C14H18N4O5S2. The fraction of sp³-hybridized carbons (Fsp3) is 0.357. The van der Waals surface area contributed by atoms with Crippen LogP contribution in [0, 0.1) is 0 Å². The highest BCUT2D eigenvalue weighted by Crippen LogP contribution is 2.30. The second-order valence-electron chi connectivity index (χ2n) is 5.01. The van der Waals surface area contributed by atoms with Crippen molar-refractivity contribution >= 4 is 32.4 Å². The predicted molar refractivity (Wildman–Crippen MR) is 92.5 cm³/mol. The number of sulfonamides is 1. The molecule has 1 amide bonds. The zero-order valence-electron chi connectivity index (χ0n) is 14.1. The number of anilines is 1. The second-order valence-corrected chi connectivity index (χ2v) is 7.87. The first-order valence-electron chi connectivity index (χ1n) is 7.12. The third kappa shape index (κ3) is 4.65. The van der Waals surface area contributed by atoms with Crippen molar-refractivity contribution in [2.75, 3.05) is 19.5 Å². The molecule has 2 rings (SSSR count). The Labute approximate surface area is 149 Å². The molecule has 9 nitrogen and oxygen atoms in total. The van der Waals surface area contributed by atoms with Crippen molar-refractivity contribution in [2.45, 2.75) is 24.2 Å². The molecule has 0 saturated heterocycles. The van der Waals surface area contributed by atoms with Crippen LogP contribution in [-0.4, -0.2) is 38.7 Å². The largest absolute Gasteiger partial charge is 0.497 e. The number of hydrogen-bond donors (Lipinski definition) is 2. The van der Waals surface area contributed by atoms with Crippen LogP contribution >= 0.6 is 11.3 Å². The third-order valence-electron chi connectivity index (χ3n) is 3.15. The van der Waals surface area contributed by atoms with Crippen molar-refractivity contribution in [1.82, 2.24) is 14.9 Å². The zero-order chi connectivity index (χ0) is 18.6. The summed E-state index contributed by atoms with van der Waals surface area (Å²) >= 11 is 0.762.